The zero-order valence-corrected chi connectivity index (χ0v) is 7.18. The first kappa shape index (κ1) is 8.18. The lowest BCUT2D eigenvalue weighted by Crippen LogP contribution is -1.90. The van der Waals surface area contributed by atoms with Crippen molar-refractivity contribution in [3.63, 3.8) is 0 Å². The van der Waals surface area contributed by atoms with Crippen LogP contribution in [0.5, 0.6) is 0 Å². The van der Waals surface area contributed by atoms with Crippen LogP contribution in [0, 0.1) is 0 Å². The van der Waals surface area contributed by atoms with Crippen LogP contribution in [0.4, 0.5) is 3.89 Å². The van der Waals surface area contributed by atoms with E-state index in [9.17, 15) is 12.3 Å². The van der Waals surface area contributed by atoms with Crippen molar-refractivity contribution in [1.29, 1.82) is 0 Å². The van der Waals surface area contributed by atoms with Gasteiger partial charge in [0.05, 0.1) is 16.6 Å². The molecule has 1 aromatic heterocycles. The Morgan fingerprint density at radius 2 is 2.15 bits per heavy atom. The lowest BCUT2D eigenvalue weighted by molar-refractivity contribution is 0.552. The summed E-state index contributed by atoms with van der Waals surface area (Å²) in [7, 11) is -4.61. The molecule has 0 saturated heterocycles. The Bertz CT molecular complexity index is 546. The molecule has 2 rings (SSSR count). The van der Waals surface area contributed by atoms with Gasteiger partial charge in [-0.05, 0) is 18.2 Å². The number of benzene rings is 1. The summed E-state index contributed by atoms with van der Waals surface area (Å²) in [6, 6.07) is 3.89. The van der Waals surface area contributed by atoms with E-state index in [0.717, 1.165) is 0 Å². The normalized spacial score (nSPS) is 12.1. The molecule has 0 spiro atoms. The van der Waals surface area contributed by atoms with Gasteiger partial charge in [-0.3, -0.25) is 5.10 Å². The molecule has 0 amide bonds. The van der Waals surface area contributed by atoms with Gasteiger partial charge in [0.15, 0.2) is 0 Å². The number of fused-ring (bicyclic) bond motifs is 1. The van der Waals surface area contributed by atoms with E-state index >= 15 is 0 Å². The highest BCUT2D eigenvalue weighted by Gasteiger charge is 2.11. The Morgan fingerprint density at radius 1 is 1.38 bits per heavy atom. The zero-order valence-electron chi connectivity index (χ0n) is 6.36. The summed E-state index contributed by atoms with van der Waals surface area (Å²) in [5, 5.41) is 6.88. The van der Waals surface area contributed by atoms with Gasteiger partial charge >= 0.3 is 10.2 Å². The fraction of sp³-hybridized carbons (Fsp3) is 0. The number of aromatic amines is 1. The van der Waals surface area contributed by atoms with Crippen LogP contribution in [0.25, 0.3) is 10.9 Å². The molecule has 0 unspecified atom stereocenters. The average molecular weight is 200 g/mol. The number of nitrogens with one attached hydrogen (secondary N) is 1. The van der Waals surface area contributed by atoms with E-state index in [1.807, 2.05) is 0 Å². The van der Waals surface area contributed by atoms with Gasteiger partial charge in [-0.15, -0.1) is 3.89 Å². The number of H-pyrrole nitrogens is 1. The molecule has 0 radical (unpaired) electrons. The number of rotatable bonds is 1. The third-order valence-electron chi connectivity index (χ3n) is 1.69. The van der Waals surface area contributed by atoms with Gasteiger partial charge in [0, 0.05) is 5.39 Å². The van der Waals surface area contributed by atoms with Gasteiger partial charge < -0.3 is 0 Å². The van der Waals surface area contributed by atoms with Crippen LogP contribution in [0.2, 0.25) is 0 Å². The van der Waals surface area contributed by atoms with Gasteiger partial charge in [0.1, 0.15) is 0 Å². The first-order chi connectivity index (χ1) is 6.07. The van der Waals surface area contributed by atoms with E-state index in [2.05, 4.69) is 10.2 Å². The summed E-state index contributed by atoms with van der Waals surface area (Å²) in [6.45, 7) is 0. The lowest BCUT2D eigenvalue weighted by atomic mass is 10.3. The predicted molar refractivity (Wildman–Crippen MR) is 44.4 cm³/mol. The Hall–Kier alpha value is -1.43. The SMILES string of the molecule is O=S(=O)(F)c1ccc2[nH]ncc2c1. The van der Waals surface area contributed by atoms with E-state index in [4.69, 9.17) is 0 Å². The molecule has 0 bridgehead atoms. The Kier molecular flexibility index (Phi) is 1.59. The van der Waals surface area contributed by atoms with E-state index < -0.39 is 10.2 Å². The topological polar surface area (TPSA) is 62.8 Å². The first-order valence-corrected chi connectivity index (χ1v) is 4.83. The maximum Gasteiger partial charge on any atom is 0.332 e. The number of nitrogens with zero attached hydrogens (tertiary/aromatic N) is 1. The van der Waals surface area contributed by atoms with Crippen molar-refractivity contribution in [3.05, 3.63) is 24.4 Å². The van der Waals surface area contributed by atoms with E-state index in [0.29, 0.717) is 10.9 Å². The van der Waals surface area contributed by atoms with Crippen molar-refractivity contribution in [2.24, 2.45) is 0 Å². The van der Waals surface area contributed by atoms with Crippen molar-refractivity contribution in [2.75, 3.05) is 0 Å². The molecule has 2 aromatic rings. The van der Waals surface area contributed by atoms with Crippen LogP contribution < -0.4 is 0 Å². The van der Waals surface area contributed by atoms with Crippen molar-refractivity contribution in [2.45, 2.75) is 4.90 Å². The van der Waals surface area contributed by atoms with Crippen LogP contribution in [0.1, 0.15) is 0 Å². The zero-order chi connectivity index (χ0) is 9.47. The summed E-state index contributed by atoms with van der Waals surface area (Å²) >= 11 is 0. The monoisotopic (exact) mass is 200 g/mol. The minimum Gasteiger partial charge on any atom is -0.278 e. The highest BCUT2D eigenvalue weighted by molar-refractivity contribution is 7.86. The molecule has 0 aliphatic rings. The van der Waals surface area contributed by atoms with Crippen LogP contribution in [-0.4, -0.2) is 18.6 Å². The maximum absolute atomic E-state index is 12.5. The van der Waals surface area contributed by atoms with Crippen molar-refractivity contribution in [1.82, 2.24) is 10.2 Å². The van der Waals surface area contributed by atoms with Crippen LogP contribution in [0.15, 0.2) is 29.3 Å². The number of hydrogen-bond acceptors (Lipinski definition) is 3. The van der Waals surface area contributed by atoms with Gasteiger partial charge in [0.2, 0.25) is 0 Å². The molecular weight excluding hydrogens is 195 g/mol. The van der Waals surface area contributed by atoms with Crippen molar-refractivity contribution >= 4 is 21.1 Å². The minimum atomic E-state index is -4.61. The summed E-state index contributed by atoms with van der Waals surface area (Å²) in [5.74, 6) is 0. The van der Waals surface area contributed by atoms with Gasteiger partial charge in [-0.1, -0.05) is 0 Å². The predicted octanol–water partition coefficient (Wildman–Crippen LogP) is 1.22. The fourth-order valence-corrected chi connectivity index (χ4v) is 1.57. The third kappa shape index (κ3) is 1.40. The summed E-state index contributed by atoms with van der Waals surface area (Å²) in [4.78, 5) is -0.346. The smallest absolute Gasteiger partial charge is 0.278 e. The van der Waals surface area contributed by atoms with Crippen LogP contribution in [0.3, 0.4) is 0 Å². The highest BCUT2D eigenvalue weighted by Crippen LogP contribution is 2.18. The van der Waals surface area contributed by atoms with Gasteiger partial charge in [0.25, 0.3) is 0 Å². The summed E-state index contributed by atoms with van der Waals surface area (Å²) in [5.41, 5.74) is 0.674. The largest absolute Gasteiger partial charge is 0.332 e. The molecule has 1 aromatic carbocycles. The second-order valence-electron chi connectivity index (χ2n) is 2.56. The molecule has 0 saturated carbocycles. The number of aromatic nitrogens is 2. The number of hydrogen-bond donors (Lipinski definition) is 1. The van der Waals surface area contributed by atoms with E-state index in [1.54, 1.807) is 0 Å². The first-order valence-electron chi connectivity index (χ1n) is 3.45. The van der Waals surface area contributed by atoms with Crippen molar-refractivity contribution in [3.8, 4) is 0 Å². The highest BCUT2D eigenvalue weighted by atomic mass is 32.3. The molecule has 4 nitrogen and oxygen atoms in total. The molecule has 68 valence electrons. The Morgan fingerprint density at radius 3 is 2.85 bits per heavy atom. The summed E-state index contributed by atoms with van der Waals surface area (Å²) < 4.78 is 33.5. The molecule has 0 atom stereocenters. The quantitative estimate of drug-likeness (QED) is 0.704. The molecule has 6 heteroatoms. The minimum absolute atomic E-state index is 0.346. The fourth-order valence-electron chi connectivity index (χ4n) is 1.07. The van der Waals surface area contributed by atoms with E-state index in [-0.39, 0.29) is 4.90 Å². The molecule has 0 aliphatic heterocycles. The molecule has 1 N–H and O–H groups in total. The Labute approximate surface area is 73.6 Å². The van der Waals surface area contributed by atoms with E-state index in [1.165, 1.54) is 24.4 Å². The van der Waals surface area contributed by atoms with Gasteiger partial charge in [-0.25, -0.2) is 0 Å². The third-order valence-corrected chi connectivity index (χ3v) is 2.51. The second-order valence-corrected chi connectivity index (χ2v) is 3.90. The summed E-state index contributed by atoms with van der Waals surface area (Å²) in [6.07, 6.45) is 1.43. The molecular formula is C7H5FN2O2S. The molecule has 0 fully saturated rings. The molecule has 13 heavy (non-hydrogen) atoms. The molecule has 1 heterocycles. The van der Waals surface area contributed by atoms with Crippen LogP contribution in [-0.2, 0) is 10.2 Å². The van der Waals surface area contributed by atoms with Gasteiger partial charge in [-0.2, -0.15) is 13.5 Å². The Balaban J connectivity index is 2.75. The average Bonchev–Trinajstić information content (AvgIpc) is 2.47. The van der Waals surface area contributed by atoms with Crippen LogP contribution >= 0.6 is 0 Å². The lowest BCUT2D eigenvalue weighted by Gasteiger charge is -1.93. The standard InChI is InChI=1S/C7H5FN2O2S/c8-13(11,12)6-1-2-7-5(3-6)4-9-10-7/h1-4H,(H,9,10). The maximum atomic E-state index is 12.5. The second kappa shape index (κ2) is 2.53. The van der Waals surface area contributed by atoms with Crippen molar-refractivity contribution < 1.29 is 12.3 Å². The molecule has 0 aliphatic carbocycles. The number of halogens is 1.